The number of nitrogens with one attached hydrogen (secondary N) is 1. The zero-order valence-corrected chi connectivity index (χ0v) is 12.5. The molecular weight excluding hydrogens is 234 g/mol. The van der Waals surface area contributed by atoms with Crippen molar-refractivity contribution in [2.45, 2.75) is 39.2 Å². The molecule has 2 saturated carbocycles. The van der Waals surface area contributed by atoms with Crippen molar-refractivity contribution in [3.05, 3.63) is 28.8 Å². The fourth-order valence-corrected chi connectivity index (χ4v) is 4.19. The number of benzene rings is 1. The molecule has 1 aromatic rings. The maximum Gasteiger partial charge on any atom is 0.124 e. The molecule has 0 saturated heterocycles. The van der Waals surface area contributed by atoms with Crippen LogP contribution in [0.3, 0.4) is 0 Å². The summed E-state index contributed by atoms with van der Waals surface area (Å²) >= 11 is 0. The number of fused-ring (bicyclic) bond motifs is 1. The average molecular weight is 259 g/mol. The van der Waals surface area contributed by atoms with Crippen LogP contribution in [-0.2, 0) is 0 Å². The van der Waals surface area contributed by atoms with E-state index in [0.717, 1.165) is 23.5 Å². The Balaban J connectivity index is 1.86. The predicted molar refractivity (Wildman–Crippen MR) is 78.6 cm³/mol. The fraction of sp³-hybridized carbons (Fsp3) is 0.647. The summed E-state index contributed by atoms with van der Waals surface area (Å²) in [7, 11) is 3.86. The number of ether oxygens (including phenoxy) is 1. The normalized spacial score (nSPS) is 30.0. The summed E-state index contributed by atoms with van der Waals surface area (Å²) in [5.41, 5.74) is 3.94. The van der Waals surface area contributed by atoms with Gasteiger partial charge in [-0.3, -0.25) is 0 Å². The van der Waals surface area contributed by atoms with Crippen LogP contribution in [-0.4, -0.2) is 14.2 Å². The summed E-state index contributed by atoms with van der Waals surface area (Å²) in [5, 5.41) is 3.55. The highest BCUT2D eigenvalue weighted by atomic mass is 16.5. The third-order valence-electron chi connectivity index (χ3n) is 5.11. The van der Waals surface area contributed by atoms with E-state index in [9.17, 15) is 0 Å². The molecule has 2 aliphatic rings. The lowest BCUT2D eigenvalue weighted by Gasteiger charge is -2.26. The molecular formula is C17H25NO. The van der Waals surface area contributed by atoms with Crippen LogP contribution in [0.5, 0.6) is 5.75 Å². The predicted octanol–water partition coefficient (Wildman–Crippen LogP) is 3.62. The zero-order valence-electron chi connectivity index (χ0n) is 12.5. The first-order valence-corrected chi connectivity index (χ1v) is 7.46. The van der Waals surface area contributed by atoms with E-state index < -0.39 is 0 Å². The Morgan fingerprint density at radius 1 is 1.11 bits per heavy atom. The molecule has 0 aliphatic heterocycles. The van der Waals surface area contributed by atoms with Gasteiger partial charge in [0.1, 0.15) is 5.75 Å². The largest absolute Gasteiger partial charge is 0.496 e. The third kappa shape index (κ3) is 2.27. The molecule has 104 valence electrons. The Bertz CT molecular complexity index is 449. The monoisotopic (exact) mass is 259 g/mol. The van der Waals surface area contributed by atoms with Crippen molar-refractivity contribution in [3.8, 4) is 5.75 Å². The summed E-state index contributed by atoms with van der Waals surface area (Å²) in [6, 6.07) is 5.12. The van der Waals surface area contributed by atoms with Crippen LogP contribution >= 0.6 is 0 Å². The van der Waals surface area contributed by atoms with Crippen LogP contribution in [0, 0.1) is 31.6 Å². The number of methoxy groups -OCH3 is 1. The number of hydrogen-bond donors (Lipinski definition) is 1. The first-order chi connectivity index (χ1) is 9.13. The number of rotatable bonds is 4. The van der Waals surface area contributed by atoms with Crippen LogP contribution in [0.15, 0.2) is 12.1 Å². The maximum absolute atomic E-state index is 5.47. The van der Waals surface area contributed by atoms with Crippen molar-refractivity contribution in [1.29, 1.82) is 0 Å². The maximum atomic E-state index is 5.47. The molecule has 2 nitrogen and oxygen atoms in total. The lowest BCUT2D eigenvalue weighted by atomic mass is 9.87. The second-order valence-electron chi connectivity index (χ2n) is 6.44. The van der Waals surface area contributed by atoms with Crippen LogP contribution in [0.2, 0.25) is 0 Å². The minimum Gasteiger partial charge on any atom is -0.496 e. The van der Waals surface area contributed by atoms with E-state index in [0.29, 0.717) is 6.04 Å². The Kier molecular flexibility index (Phi) is 3.30. The van der Waals surface area contributed by atoms with Crippen molar-refractivity contribution in [1.82, 2.24) is 5.32 Å². The highest BCUT2D eigenvalue weighted by molar-refractivity contribution is 5.44. The van der Waals surface area contributed by atoms with E-state index in [4.69, 9.17) is 4.74 Å². The highest BCUT2D eigenvalue weighted by Gasteiger charge is 2.47. The van der Waals surface area contributed by atoms with Crippen LogP contribution in [0.1, 0.15) is 42.0 Å². The molecule has 3 unspecified atom stereocenters. The molecule has 19 heavy (non-hydrogen) atoms. The van der Waals surface area contributed by atoms with Gasteiger partial charge in [0.2, 0.25) is 0 Å². The second-order valence-corrected chi connectivity index (χ2v) is 6.44. The topological polar surface area (TPSA) is 21.3 Å². The van der Waals surface area contributed by atoms with Crippen LogP contribution in [0.25, 0.3) is 0 Å². The molecule has 0 aromatic heterocycles. The minimum atomic E-state index is 0.510. The molecule has 1 N–H and O–H groups in total. The molecule has 2 fully saturated rings. The molecule has 2 heteroatoms. The third-order valence-corrected chi connectivity index (χ3v) is 5.11. The Morgan fingerprint density at radius 3 is 2.16 bits per heavy atom. The molecule has 3 rings (SSSR count). The van der Waals surface area contributed by atoms with Crippen molar-refractivity contribution in [2.24, 2.45) is 17.8 Å². The Hall–Kier alpha value is -1.02. The number of hydrogen-bond acceptors (Lipinski definition) is 2. The van der Waals surface area contributed by atoms with Crippen molar-refractivity contribution in [2.75, 3.05) is 14.2 Å². The van der Waals surface area contributed by atoms with Crippen molar-refractivity contribution < 1.29 is 4.74 Å². The van der Waals surface area contributed by atoms with E-state index in [2.05, 4.69) is 38.3 Å². The quantitative estimate of drug-likeness (QED) is 0.891. The fourth-order valence-electron chi connectivity index (χ4n) is 4.19. The lowest BCUT2D eigenvalue weighted by Crippen LogP contribution is -2.24. The summed E-state index contributed by atoms with van der Waals surface area (Å²) in [4.78, 5) is 0. The summed E-state index contributed by atoms with van der Waals surface area (Å²) in [6.07, 6.45) is 4.33. The Morgan fingerprint density at radius 2 is 1.68 bits per heavy atom. The molecule has 0 radical (unpaired) electrons. The van der Waals surface area contributed by atoms with Gasteiger partial charge in [-0.15, -0.1) is 0 Å². The molecule has 0 heterocycles. The Labute approximate surface area is 116 Å². The van der Waals surface area contributed by atoms with Gasteiger partial charge in [0.05, 0.1) is 7.11 Å². The molecule has 0 bridgehead atoms. The van der Waals surface area contributed by atoms with Gasteiger partial charge in [0.25, 0.3) is 0 Å². The van der Waals surface area contributed by atoms with E-state index in [1.807, 2.05) is 0 Å². The van der Waals surface area contributed by atoms with Gasteiger partial charge >= 0.3 is 0 Å². The molecule has 0 spiro atoms. The standard InChI is InChI=1S/C17H25NO/c1-10-5-14(6-11(2)17(10)19-4)16(18-3)15-8-12-7-13(12)9-15/h5-6,12-13,15-16,18H,7-9H2,1-4H3. The summed E-state index contributed by atoms with van der Waals surface area (Å²) < 4.78 is 5.47. The second kappa shape index (κ2) is 4.82. The van der Waals surface area contributed by atoms with Gasteiger partial charge in [0.15, 0.2) is 0 Å². The zero-order chi connectivity index (χ0) is 13.6. The van der Waals surface area contributed by atoms with Gasteiger partial charge in [0, 0.05) is 6.04 Å². The SMILES string of the molecule is CNC(c1cc(C)c(OC)c(C)c1)C1CC2CC2C1. The van der Waals surface area contributed by atoms with Gasteiger partial charge in [-0.05, 0) is 74.6 Å². The smallest absolute Gasteiger partial charge is 0.124 e. The van der Waals surface area contributed by atoms with Gasteiger partial charge in [-0.2, -0.15) is 0 Å². The van der Waals surface area contributed by atoms with Crippen molar-refractivity contribution >= 4 is 0 Å². The van der Waals surface area contributed by atoms with E-state index in [1.165, 1.54) is 36.0 Å². The molecule has 1 aromatic carbocycles. The van der Waals surface area contributed by atoms with E-state index in [1.54, 1.807) is 7.11 Å². The summed E-state index contributed by atoms with van der Waals surface area (Å²) in [5.74, 6) is 3.94. The van der Waals surface area contributed by atoms with E-state index >= 15 is 0 Å². The van der Waals surface area contributed by atoms with Crippen LogP contribution in [0.4, 0.5) is 0 Å². The first kappa shape index (κ1) is 13.0. The van der Waals surface area contributed by atoms with Gasteiger partial charge in [-0.1, -0.05) is 12.1 Å². The first-order valence-electron chi connectivity index (χ1n) is 7.46. The van der Waals surface area contributed by atoms with Crippen LogP contribution < -0.4 is 10.1 Å². The lowest BCUT2D eigenvalue weighted by molar-refractivity contribution is 0.358. The molecule has 3 atom stereocenters. The van der Waals surface area contributed by atoms with Crippen molar-refractivity contribution in [3.63, 3.8) is 0 Å². The molecule has 0 amide bonds. The molecule has 2 aliphatic carbocycles. The van der Waals surface area contributed by atoms with Gasteiger partial charge in [-0.25, -0.2) is 0 Å². The highest BCUT2D eigenvalue weighted by Crippen LogP contribution is 2.57. The average Bonchev–Trinajstić information content (AvgIpc) is 2.97. The van der Waals surface area contributed by atoms with Gasteiger partial charge < -0.3 is 10.1 Å². The van der Waals surface area contributed by atoms with E-state index in [-0.39, 0.29) is 0 Å². The number of aryl methyl sites for hydroxylation is 2. The minimum absolute atomic E-state index is 0.510. The summed E-state index contributed by atoms with van der Waals surface area (Å²) in [6.45, 7) is 4.29.